The molecule has 0 unspecified atom stereocenters. The molecule has 1 amide bonds. The first-order valence-electron chi connectivity index (χ1n) is 6.22. The molecule has 2 aromatic carbocycles. The second kappa shape index (κ2) is 3.81. The Kier molecular flexibility index (Phi) is 2.03. The summed E-state index contributed by atoms with van der Waals surface area (Å²) in [5, 5.41) is 4.23. The van der Waals surface area contributed by atoms with Crippen molar-refractivity contribution in [2.45, 2.75) is 6.92 Å². The van der Waals surface area contributed by atoms with Gasteiger partial charge in [-0.1, -0.05) is 36.4 Å². The highest BCUT2D eigenvalue weighted by atomic mass is 16.1. The minimum atomic E-state index is -0.488. The number of fused-ring (bicyclic) bond motifs is 3. The second-order valence-corrected chi connectivity index (χ2v) is 4.30. The predicted octanol–water partition coefficient (Wildman–Crippen LogP) is 2.80. The molecule has 0 saturated heterocycles. The zero-order valence-corrected chi connectivity index (χ0v) is 9.90. The SMILES string of the molecule is [2H]NC(=O)c1cc2c(ccc3ccccc32)c(C)n1. The lowest BCUT2D eigenvalue weighted by Crippen LogP contribution is -2.13. The van der Waals surface area contributed by atoms with Crippen molar-refractivity contribution < 1.29 is 6.21 Å². The number of benzene rings is 2. The molecular formula is C15H12N2O. The number of primary amides is 1. The molecule has 0 radical (unpaired) electrons. The van der Waals surface area contributed by atoms with Gasteiger partial charge in [0.25, 0.3) is 5.91 Å². The summed E-state index contributed by atoms with van der Waals surface area (Å²) in [6.45, 7) is 1.87. The summed E-state index contributed by atoms with van der Waals surface area (Å²) < 4.78 is 6.95. The van der Waals surface area contributed by atoms with Crippen LogP contribution in [-0.4, -0.2) is 10.9 Å². The van der Waals surface area contributed by atoms with E-state index in [0.717, 1.165) is 27.2 Å². The van der Waals surface area contributed by atoms with E-state index in [9.17, 15) is 4.79 Å². The van der Waals surface area contributed by atoms with Crippen LogP contribution in [-0.2, 0) is 0 Å². The Hall–Kier alpha value is -2.42. The molecule has 0 fully saturated rings. The van der Waals surface area contributed by atoms with E-state index < -0.39 is 5.91 Å². The summed E-state index contributed by atoms with van der Waals surface area (Å²) in [5.41, 5.74) is 2.94. The maximum Gasteiger partial charge on any atom is 0.267 e. The van der Waals surface area contributed by atoms with Crippen LogP contribution in [0, 0.1) is 6.92 Å². The predicted molar refractivity (Wildman–Crippen MR) is 72.5 cm³/mol. The highest BCUT2D eigenvalue weighted by Crippen LogP contribution is 2.27. The lowest BCUT2D eigenvalue weighted by atomic mass is 10.0. The van der Waals surface area contributed by atoms with Crippen molar-refractivity contribution in [2.24, 2.45) is 5.73 Å². The number of nitrogens with zero attached hydrogens (tertiary/aromatic N) is 1. The minimum Gasteiger partial charge on any atom is -0.364 e. The fourth-order valence-electron chi connectivity index (χ4n) is 2.29. The zero-order valence-electron chi connectivity index (χ0n) is 10.9. The van der Waals surface area contributed by atoms with Gasteiger partial charge in [0.2, 0.25) is 0 Å². The molecule has 0 aliphatic heterocycles. The third-order valence-electron chi connectivity index (χ3n) is 3.16. The Bertz CT molecular complexity index is 799. The van der Waals surface area contributed by atoms with Gasteiger partial charge in [0, 0.05) is 11.1 Å². The van der Waals surface area contributed by atoms with Crippen molar-refractivity contribution in [1.29, 1.82) is 0 Å². The quantitative estimate of drug-likeness (QED) is 0.661. The van der Waals surface area contributed by atoms with Crippen LogP contribution in [0.25, 0.3) is 21.5 Å². The molecular weight excluding hydrogens is 224 g/mol. The van der Waals surface area contributed by atoms with Gasteiger partial charge in [-0.3, -0.25) is 4.79 Å². The van der Waals surface area contributed by atoms with E-state index in [1.807, 2.05) is 43.0 Å². The summed E-state index contributed by atoms with van der Waals surface area (Å²) in [6, 6.07) is 13.8. The average molecular weight is 237 g/mol. The Morgan fingerprint density at radius 3 is 2.83 bits per heavy atom. The van der Waals surface area contributed by atoms with E-state index in [0.29, 0.717) is 0 Å². The van der Waals surface area contributed by atoms with Gasteiger partial charge in [-0.05, 0) is 29.1 Å². The summed E-state index contributed by atoms with van der Waals surface area (Å²) in [6.07, 6.45) is 0. The molecule has 0 atom stereocenters. The molecule has 0 spiro atoms. The van der Waals surface area contributed by atoms with Crippen molar-refractivity contribution in [3.8, 4) is 0 Å². The third kappa shape index (κ3) is 1.52. The lowest BCUT2D eigenvalue weighted by Gasteiger charge is -2.07. The van der Waals surface area contributed by atoms with Crippen LogP contribution in [0.3, 0.4) is 0 Å². The monoisotopic (exact) mass is 237 g/mol. The van der Waals surface area contributed by atoms with Gasteiger partial charge in [0.05, 0.1) is 0 Å². The summed E-state index contributed by atoms with van der Waals surface area (Å²) in [7, 11) is 0. The number of aromatic nitrogens is 1. The molecule has 3 rings (SSSR count). The largest absolute Gasteiger partial charge is 0.364 e. The van der Waals surface area contributed by atoms with Gasteiger partial charge in [0.15, 0.2) is 1.41 Å². The fourth-order valence-corrected chi connectivity index (χ4v) is 2.29. The molecule has 0 aliphatic rings. The van der Waals surface area contributed by atoms with Crippen molar-refractivity contribution >= 4 is 27.5 Å². The van der Waals surface area contributed by atoms with E-state index >= 15 is 0 Å². The van der Waals surface area contributed by atoms with Gasteiger partial charge in [0.1, 0.15) is 5.69 Å². The molecule has 3 aromatic rings. The zero-order chi connectivity index (χ0) is 13.4. The van der Waals surface area contributed by atoms with Crippen LogP contribution in [0.15, 0.2) is 42.5 Å². The van der Waals surface area contributed by atoms with Crippen LogP contribution in [0.2, 0.25) is 1.41 Å². The third-order valence-corrected chi connectivity index (χ3v) is 3.16. The molecule has 0 bridgehead atoms. The van der Waals surface area contributed by atoms with Crippen molar-refractivity contribution in [3.63, 3.8) is 0 Å². The molecule has 1 aromatic heterocycles. The number of nitrogens with two attached hydrogens (primary N) is 1. The van der Waals surface area contributed by atoms with E-state index in [1.165, 1.54) is 0 Å². The minimum absolute atomic E-state index is 0.274. The molecule has 18 heavy (non-hydrogen) atoms. The number of amides is 1. The molecule has 1 heterocycles. The van der Waals surface area contributed by atoms with Crippen LogP contribution < -0.4 is 5.73 Å². The summed E-state index contributed by atoms with van der Waals surface area (Å²) in [4.78, 5) is 15.8. The highest BCUT2D eigenvalue weighted by Gasteiger charge is 2.09. The second-order valence-electron chi connectivity index (χ2n) is 4.30. The van der Waals surface area contributed by atoms with Gasteiger partial charge in [-0.2, -0.15) is 0 Å². The molecule has 3 heteroatoms. The van der Waals surface area contributed by atoms with Crippen molar-refractivity contribution in [1.82, 2.24) is 4.98 Å². The summed E-state index contributed by atoms with van der Waals surface area (Å²) >= 11 is 0. The average Bonchev–Trinajstić information content (AvgIpc) is 2.46. The number of rotatable bonds is 1. The van der Waals surface area contributed by atoms with Gasteiger partial charge >= 0.3 is 0 Å². The number of hydrogen-bond acceptors (Lipinski definition) is 2. The number of pyridine rings is 1. The maximum atomic E-state index is 11.6. The number of hydrogen-bond donors (Lipinski definition) is 1. The van der Waals surface area contributed by atoms with E-state index in [4.69, 9.17) is 1.41 Å². The van der Waals surface area contributed by atoms with Crippen LogP contribution in [0.4, 0.5) is 0 Å². The first kappa shape index (κ1) is 9.59. The molecule has 2 N–H and O–H groups in total. The molecule has 3 nitrogen and oxygen atoms in total. The Morgan fingerprint density at radius 1 is 1.17 bits per heavy atom. The van der Waals surface area contributed by atoms with Gasteiger partial charge in [-0.15, -0.1) is 0 Å². The summed E-state index contributed by atoms with van der Waals surface area (Å²) in [5.74, 6) is -0.488. The van der Waals surface area contributed by atoms with Crippen LogP contribution in [0.5, 0.6) is 0 Å². The Balaban J connectivity index is 2.43. The topological polar surface area (TPSA) is 56.0 Å². The normalized spacial score (nSPS) is 11.5. The smallest absolute Gasteiger partial charge is 0.267 e. The number of aryl methyl sites for hydroxylation is 1. The van der Waals surface area contributed by atoms with E-state index in [-0.39, 0.29) is 5.69 Å². The highest BCUT2D eigenvalue weighted by molar-refractivity contribution is 6.10. The van der Waals surface area contributed by atoms with Crippen LogP contribution >= 0.6 is 0 Å². The van der Waals surface area contributed by atoms with E-state index in [1.54, 1.807) is 6.07 Å². The standard InChI is InChI=1S/C15H12N2O/c1-9-11-7-6-10-4-2-3-5-12(10)13(11)8-14(17-9)15(16)18/h2-8H,1H3,(H2,16,18)/i/hD. The lowest BCUT2D eigenvalue weighted by molar-refractivity contribution is 0.0995. The first-order valence-corrected chi connectivity index (χ1v) is 5.72. The first-order chi connectivity index (χ1) is 9.20. The Morgan fingerprint density at radius 2 is 2.00 bits per heavy atom. The van der Waals surface area contributed by atoms with Crippen molar-refractivity contribution in [2.75, 3.05) is 0 Å². The van der Waals surface area contributed by atoms with Crippen molar-refractivity contribution in [3.05, 3.63) is 53.9 Å². The molecule has 88 valence electrons. The number of carbonyl (C=O) groups is 1. The Labute approximate surface area is 106 Å². The van der Waals surface area contributed by atoms with Gasteiger partial charge < -0.3 is 5.73 Å². The molecule has 0 saturated carbocycles. The van der Waals surface area contributed by atoms with E-state index in [2.05, 4.69) is 11.1 Å². The van der Waals surface area contributed by atoms with Crippen LogP contribution in [0.1, 0.15) is 16.2 Å². The molecule has 0 aliphatic carbocycles. The number of carbonyl (C=O) groups excluding carboxylic acids is 1. The van der Waals surface area contributed by atoms with Gasteiger partial charge in [-0.25, -0.2) is 4.98 Å². The fraction of sp³-hybridized carbons (Fsp3) is 0.0667. The maximum absolute atomic E-state index is 11.6.